The van der Waals surface area contributed by atoms with Gasteiger partial charge in [0.2, 0.25) is 0 Å². The van der Waals surface area contributed by atoms with E-state index in [1.54, 1.807) is 17.0 Å². The fourth-order valence-electron chi connectivity index (χ4n) is 2.70. The molecule has 1 aliphatic rings. The lowest BCUT2D eigenvalue weighted by Crippen LogP contribution is -2.44. The van der Waals surface area contributed by atoms with Gasteiger partial charge in [-0.25, -0.2) is 9.18 Å². The molecule has 0 atom stereocenters. The molecule has 2 rings (SSSR count). The Kier molecular flexibility index (Phi) is 5.96. The Hall–Kier alpha value is -2.11. The molecule has 0 unspecified atom stereocenters. The number of amides is 3. The van der Waals surface area contributed by atoms with Gasteiger partial charge in [0.05, 0.1) is 5.56 Å². The number of hydrogen-bond acceptors (Lipinski definition) is 2. The Bertz CT molecular complexity index is 555. The van der Waals surface area contributed by atoms with E-state index in [-0.39, 0.29) is 23.5 Å². The lowest BCUT2D eigenvalue weighted by Gasteiger charge is -2.32. The van der Waals surface area contributed by atoms with Crippen molar-refractivity contribution in [3.05, 3.63) is 35.6 Å². The molecule has 0 saturated carbocycles. The number of piperidine rings is 1. The third-order valence-electron chi connectivity index (χ3n) is 3.98. The number of halogens is 1. The maximum absolute atomic E-state index is 13.7. The molecule has 23 heavy (non-hydrogen) atoms. The Labute approximate surface area is 136 Å². The van der Waals surface area contributed by atoms with Crippen LogP contribution in [0.5, 0.6) is 0 Å². The minimum atomic E-state index is -0.480. The Balaban J connectivity index is 1.79. The first-order valence-electron chi connectivity index (χ1n) is 8.05. The van der Waals surface area contributed by atoms with E-state index in [9.17, 15) is 14.0 Å². The number of urea groups is 1. The molecule has 3 amide bonds. The number of hydrogen-bond donors (Lipinski definition) is 2. The van der Waals surface area contributed by atoms with Gasteiger partial charge in [0.15, 0.2) is 0 Å². The van der Waals surface area contributed by atoms with Crippen LogP contribution in [-0.2, 0) is 0 Å². The number of rotatable bonds is 4. The fourth-order valence-corrected chi connectivity index (χ4v) is 2.70. The summed E-state index contributed by atoms with van der Waals surface area (Å²) >= 11 is 0. The third kappa shape index (κ3) is 4.94. The van der Waals surface area contributed by atoms with Crippen molar-refractivity contribution in [3.63, 3.8) is 0 Å². The summed E-state index contributed by atoms with van der Waals surface area (Å²) in [5, 5.41) is 5.64. The second-order valence-corrected chi connectivity index (χ2v) is 6.22. The molecular formula is C17H24FN3O2. The van der Waals surface area contributed by atoms with Crippen LogP contribution in [0.4, 0.5) is 9.18 Å². The Morgan fingerprint density at radius 2 is 1.91 bits per heavy atom. The van der Waals surface area contributed by atoms with Crippen molar-refractivity contribution >= 4 is 11.9 Å². The summed E-state index contributed by atoms with van der Waals surface area (Å²) in [5.41, 5.74) is 0.125. The van der Waals surface area contributed by atoms with Gasteiger partial charge in [-0.05, 0) is 44.7 Å². The molecule has 6 heteroatoms. The van der Waals surface area contributed by atoms with Gasteiger partial charge in [-0.3, -0.25) is 4.79 Å². The molecule has 1 aliphatic heterocycles. The molecule has 1 fully saturated rings. The van der Waals surface area contributed by atoms with Crippen LogP contribution in [-0.4, -0.2) is 42.5 Å². The van der Waals surface area contributed by atoms with Crippen molar-refractivity contribution in [1.29, 1.82) is 0 Å². The normalized spacial score (nSPS) is 15.6. The highest BCUT2D eigenvalue weighted by Gasteiger charge is 2.25. The molecule has 1 aromatic rings. The number of nitrogens with zero attached hydrogens (tertiary/aromatic N) is 1. The molecule has 0 bridgehead atoms. The highest BCUT2D eigenvalue weighted by molar-refractivity contribution is 5.94. The minimum Gasteiger partial charge on any atom is -0.339 e. The van der Waals surface area contributed by atoms with Gasteiger partial charge in [-0.15, -0.1) is 0 Å². The molecule has 1 saturated heterocycles. The number of carbonyl (C=O) groups is 2. The van der Waals surface area contributed by atoms with E-state index in [4.69, 9.17) is 0 Å². The van der Waals surface area contributed by atoms with E-state index >= 15 is 0 Å². The first kappa shape index (κ1) is 17.2. The maximum Gasteiger partial charge on any atom is 0.314 e. The zero-order valence-electron chi connectivity index (χ0n) is 13.6. The highest BCUT2D eigenvalue weighted by Crippen LogP contribution is 2.19. The standard InChI is InChI=1S/C17H24FN3O2/c1-12(2)20-17(23)19-11-13-7-9-21(10-8-13)16(22)14-5-3-4-6-15(14)18/h3-6,12-13H,7-11H2,1-2H3,(H2,19,20,23). The Morgan fingerprint density at radius 3 is 2.52 bits per heavy atom. The second kappa shape index (κ2) is 7.94. The molecule has 0 aliphatic carbocycles. The molecule has 1 heterocycles. The van der Waals surface area contributed by atoms with E-state index in [0.29, 0.717) is 25.6 Å². The van der Waals surface area contributed by atoms with Crippen molar-refractivity contribution in [3.8, 4) is 0 Å². The maximum atomic E-state index is 13.7. The summed E-state index contributed by atoms with van der Waals surface area (Å²) in [5.74, 6) is -0.392. The molecule has 2 N–H and O–H groups in total. The van der Waals surface area contributed by atoms with Gasteiger partial charge < -0.3 is 15.5 Å². The summed E-state index contributed by atoms with van der Waals surface area (Å²) in [6.07, 6.45) is 1.62. The predicted octanol–water partition coefficient (Wildman–Crippen LogP) is 2.39. The zero-order chi connectivity index (χ0) is 16.8. The van der Waals surface area contributed by atoms with E-state index < -0.39 is 5.82 Å². The van der Waals surface area contributed by atoms with Crippen molar-refractivity contribution in [2.24, 2.45) is 5.92 Å². The monoisotopic (exact) mass is 321 g/mol. The van der Waals surface area contributed by atoms with Crippen LogP contribution in [0.25, 0.3) is 0 Å². The van der Waals surface area contributed by atoms with E-state index in [1.807, 2.05) is 13.8 Å². The summed E-state index contributed by atoms with van der Waals surface area (Å²) in [6.45, 7) is 5.59. The van der Waals surface area contributed by atoms with Crippen LogP contribution < -0.4 is 10.6 Å². The van der Waals surface area contributed by atoms with Crippen LogP contribution >= 0.6 is 0 Å². The lowest BCUT2D eigenvalue weighted by molar-refractivity contribution is 0.0685. The van der Waals surface area contributed by atoms with Crippen LogP contribution in [0.15, 0.2) is 24.3 Å². The van der Waals surface area contributed by atoms with Crippen molar-refractivity contribution in [1.82, 2.24) is 15.5 Å². The van der Waals surface area contributed by atoms with Gasteiger partial charge in [0.25, 0.3) is 5.91 Å². The summed E-state index contributed by atoms with van der Waals surface area (Å²) in [6, 6.07) is 6.01. The second-order valence-electron chi connectivity index (χ2n) is 6.22. The fraction of sp³-hybridized carbons (Fsp3) is 0.529. The van der Waals surface area contributed by atoms with Crippen molar-refractivity contribution < 1.29 is 14.0 Å². The van der Waals surface area contributed by atoms with Crippen LogP contribution in [0.2, 0.25) is 0 Å². The number of benzene rings is 1. The van der Waals surface area contributed by atoms with Crippen molar-refractivity contribution in [2.45, 2.75) is 32.7 Å². The average molecular weight is 321 g/mol. The van der Waals surface area contributed by atoms with Crippen LogP contribution in [0.1, 0.15) is 37.0 Å². The van der Waals surface area contributed by atoms with Gasteiger partial charge in [0.1, 0.15) is 5.82 Å². The summed E-state index contributed by atoms with van der Waals surface area (Å²) in [7, 11) is 0. The van der Waals surface area contributed by atoms with E-state index in [0.717, 1.165) is 12.8 Å². The summed E-state index contributed by atoms with van der Waals surface area (Å²) < 4.78 is 13.7. The van der Waals surface area contributed by atoms with Gasteiger partial charge in [-0.2, -0.15) is 0 Å². The largest absolute Gasteiger partial charge is 0.339 e. The molecule has 0 radical (unpaired) electrons. The molecule has 1 aromatic carbocycles. The van der Waals surface area contributed by atoms with Gasteiger partial charge in [0, 0.05) is 25.7 Å². The quantitative estimate of drug-likeness (QED) is 0.894. The van der Waals surface area contributed by atoms with Gasteiger partial charge in [-0.1, -0.05) is 12.1 Å². The number of nitrogens with one attached hydrogen (secondary N) is 2. The highest BCUT2D eigenvalue weighted by atomic mass is 19.1. The van der Waals surface area contributed by atoms with Crippen LogP contribution in [0, 0.1) is 11.7 Å². The molecule has 5 nitrogen and oxygen atoms in total. The minimum absolute atomic E-state index is 0.107. The summed E-state index contributed by atoms with van der Waals surface area (Å²) in [4.78, 5) is 25.6. The molecule has 0 spiro atoms. The molecule has 0 aromatic heterocycles. The van der Waals surface area contributed by atoms with Crippen LogP contribution in [0.3, 0.4) is 0 Å². The smallest absolute Gasteiger partial charge is 0.314 e. The molecular weight excluding hydrogens is 297 g/mol. The number of carbonyl (C=O) groups excluding carboxylic acids is 2. The van der Waals surface area contributed by atoms with Crippen molar-refractivity contribution in [2.75, 3.05) is 19.6 Å². The lowest BCUT2D eigenvalue weighted by atomic mass is 9.96. The first-order chi connectivity index (χ1) is 11.0. The zero-order valence-corrected chi connectivity index (χ0v) is 13.6. The first-order valence-corrected chi connectivity index (χ1v) is 8.05. The topological polar surface area (TPSA) is 61.4 Å². The SMILES string of the molecule is CC(C)NC(=O)NCC1CCN(C(=O)c2ccccc2F)CC1. The Morgan fingerprint density at radius 1 is 1.26 bits per heavy atom. The number of likely N-dealkylation sites (tertiary alicyclic amines) is 1. The molecule has 126 valence electrons. The van der Waals surface area contributed by atoms with E-state index in [1.165, 1.54) is 12.1 Å². The average Bonchev–Trinajstić information content (AvgIpc) is 2.53. The van der Waals surface area contributed by atoms with E-state index in [2.05, 4.69) is 10.6 Å². The predicted molar refractivity (Wildman–Crippen MR) is 86.7 cm³/mol. The van der Waals surface area contributed by atoms with Gasteiger partial charge >= 0.3 is 6.03 Å². The third-order valence-corrected chi connectivity index (χ3v) is 3.98.